The number of benzene rings is 1. The molecule has 4 rings (SSSR count). The summed E-state index contributed by atoms with van der Waals surface area (Å²) in [7, 11) is 1.66. The Bertz CT molecular complexity index is 791. The molecule has 1 N–H and O–H groups in total. The first kappa shape index (κ1) is 23.1. The number of amides is 2. The van der Waals surface area contributed by atoms with Gasteiger partial charge in [0.25, 0.3) is 5.91 Å². The van der Waals surface area contributed by atoms with E-state index in [0.717, 1.165) is 32.5 Å². The van der Waals surface area contributed by atoms with E-state index in [1.54, 1.807) is 19.2 Å². The number of ether oxygens (including phenoxy) is 2. The van der Waals surface area contributed by atoms with Gasteiger partial charge in [0, 0.05) is 38.8 Å². The van der Waals surface area contributed by atoms with Crippen LogP contribution >= 0.6 is 0 Å². The molecule has 0 saturated carbocycles. The maximum atomic E-state index is 13.4. The van der Waals surface area contributed by atoms with E-state index >= 15 is 0 Å². The summed E-state index contributed by atoms with van der Waals surface area (Å²) in [6.45, 7) is 5.02. The van der Waals surface area contributed by atoms with Crippen molar-refractivity contribution in [3.63, 3.8) is 0 Å². The molecule has 0 aliphatic carbocycles. The van der Waals surface area contributed by atoms with E-state index in [1.165, 1.54) is 36.3 Å². The third-order valence-electron chi connectivity index (χ3n) is 7.15. The number of carbonyl (C=O) groups is 2. The molecule has 3 saturated heterocycles. The topological polar surface area (TPSA) is 71.1 Å². The Morgan fingerprint density at radius 3 is 2.53 bits per heavy atom. The highest BCUT2D eigenvalue weighted by atomic mass is 19.1. The Morgan fingerprint density at radius 2 is 1.84 bits per heavy atom. The molecule has 3 aliphatic rings. The summed E-state index contributed by atoms with van der Waals surface area (Å²) in [6.07, 6.45) is 4.74. The number of rotatable bonds is 6. The zero-order valence-electron chi connectivity index (χ0n) is 18.9. The number of likely N-dealkylation sites (tertiary alicyclic amines) is 1. The molecule has 7 nitrogen and oxygen atoms in total. The van der Waals surface area contributed by atoms with Gasteiger partial charge in [0.05, 0.1) is 6.04 Å². The van der Waals surface area contributed by atoms with E-state index in [9.17, 15) is 14.0 Å². The first-order valence-electron chi connectivity index (χ1n) is 11.7. The summed E-state index contributed by atoms with van der Waals surface area (Å²) in [5, 5.41) is 3.14. The molecule has 2 amide bonds. The van der Waals surface area contributed by atoms with E-state index in [-0.39, 0.29) is 29.7 Å². The van der Waals surface area contributed by atoms with Crippen LogP contribution in [0.2, 0.25) is 0 Å². The first-order chi connectivity index (χ1) is 15.5. The van der Waals surface area contributed by atoms with Crippen molar-refractivity contribution in [3.05, 3.63) is 35.6 Å². The average molecular weight is 448 g/mol. The fraction of sp³-hybridized carbons (Fsp3) is 0.667. The van der Waals surface area contributed by atoms with E-state index in [2.05, 4.69) is 10.2 Å². The number of piperidine rings is 1. The third kappa shape index (κ3) is 5.30. The molecular formula is C24H34FN3O4. The summed E-state index contributed by atoms with van der Waals surface area (Å²) in [5.41, 5.74) is 0.656. The van der Waals surface area contributed by atoms with Gasteiger partial charge in [0.15, 0.2) is 6.10 Å². The van der Waals surface area contributed by atoms with Crippen LogP contribution < -0.4 is 5.32 Å². The molecule has 2 unspecified atom stereocenters. The minimum atomic E-state index is -0.838. The number of nitrogens with zero attached hydrogens (tertiary/aromatic N) is 2. The standard InChI is InChI=1S/C24H34FN3O4/c1-27-20(29)15-32-22(21(27)18-5-7-19(25)8-6-18)23(30)26-16-24(9-13-31-14-10-24)17-28-11-3-2-4-12-28/h5-8,21-22H,2-4,9-17H2,1H3,(H,26,30). The Kier molecular flexibility index (Phi) is 7.43. The Balaban J connectivity index is 1.46. The molecule has 0 aromatic heterocycles. The Morgan fingerprint density at radius 1 is 1.16 bits per heavy atom. The molecule has 0 bridgehead atoms. The normalized spacial score (nSPS) is 26.7. The lowest BCUT2D eigenvalue weighted by molar-refractivity contribution is -0.162. The summed E-state index contributed by atoms with van der Waals surface area (Å²) in [6, 6.07) is 5.30. The van der Waals surface area contributed by atoms with Gasteiger partial charge in [-0.25, -0.2) is 4.39 Å². The van der Waals surface area contributed by atoms with Crippen LogP contribution in [0.5, 0.6) is 0 Å². The third-order valence-corrected chi connectivity index (χ3v) is 7.15. The number of carbonyl (C=O) groups excluding carboxylic acids is 2. The van der Waals surface area contributed by atoms with Crippen LogP contribution in [0, 0.1) is 11.2 Å². The SMILES string of the molecule is CN1C(=O)COC(C(=O)NCC2(CN3CCCCC3)CCOCC2)C1c1ccc(F)cc1. The largest absolute Gasteiger partial charge is 0.381 e. The van der Waals surface area contributed by atoms with Crippen LogP contribution in [0.4, 0.5) is 4.39 Å². The first-order valence-corrected chi connectivity index (χ1v) is 11.7. The highest BCUT2D eigenvalue weighted by Crippen LogP contribution is 2.33. The van der Waals surface area contributed by atoms with E-state index in [1.807, 2.05) is 0 Å². The number of hydrogen-bond donors (Lipinski definition) is 1. The molecule has 3 fully saturated rings. The van der Waals surface area contributed by atoms with E-state index in [4.69, 9.17) is 9.47 Å². The van der Waals surface area contributed by atoms with Crippen molar-refractivity contribution in [1.82, 2.24) is 15.1 Å². The summed E-state index contributed by atoms with van der Waals surface area (Å²) < 4.78 is 24.8. The monoisotopic (exact) mass is 447 g/mol. The van der Waals surface area contributed by atoms with Gasteiger partial charge in [0.2, 0.25) is 5.91 Å². The van der Waals surface area contributed by atoms with Crippen molar-refractivity contribution >= 4 is 11.8 Å². The molecular weight excluding hydrogens is 413 g/mol. The minimum absolute atomic E-state index is 0.0208. The average Bonchev–Trinajstić information content (AvgIpc) is 2.81. The van der Waals surface area contributed by atoms with Gasteiger partial charge in [-0.3, -0.25) is 9.59 Å². The van der Waals surface area contributed by atoms with Crippen molar-refractivity contribution in [2.45, 2.75) is 44.2 Å². The molecule has 32 heavy (non-hydrogen) atoms. The van der Waals surface area contributed by atoms with Crippen molar-refractivity contribution in [2.75, 3.05) is 53.0 Å². The fourth-order valence-corrected chi connectivity index (χ4v) is 5.15. The van der Waals surface area contributed by atoms with Gasteiger partial charge >= 0.3 is 0 Å². The fourth-order valence-electron chi connectivity index (χ4n) is 5.15. The lowest BCUT2D eigenvalue weighted by Crippen LogP contribution is -2.55. The number of nitrogens with one attached hydrogen (secondary N) is 1. The van der Waals surface area contributed by atoms with Gasteiger partial charge in [-0.2, -0.15) is 0 Å². The van der Waals surface area contributed by atoms with Crippen molar-refractivity contribution < 1.29 is 23.5 Å². The van der Waals surface area contributed by atoms with Crippen LogP contribution in [-0.4, -0.2) is 80.8 Å². The highest BCUT2D eigenvalue weighted by molar-refractivity contribution is 5.86. The minimum Gasteiger partial charge on any atom is -0.381 e. The maximum absolute atomic E-state index is 13.4. The van der Waals surface area contributed by atoms with Crippen molar-refractivity contribution in [3.8, 4) is 0 Å². The van der Waals surface area contributed by atoms with Gasteiger partial charge < -0.3 is 24.6 Å². The highest BCUT2D eigenvalue weighted by Gasteiger charge is 2.41. The van der Waals surface area contributed by atoms with Crippen LogP contribution in [-0.2, 0) is 19.1 Å². The van der Waals surface area contributed by atoms with E-state index < -0.39 is 12.1 Å². The van der Waals surface area contributed by atoms with Gasteiger partial charge in [-0.1, -0.05) is 18.6 Å². The number of likely N-dealkylation sites (N-methyl/N-ethyl adjacent to an activating group) is 1. The second-order valence-electron chi connectivity index (χ2n) is 9.40. The lowest BCUT2D eigenvalue weighted by atomic mass is 9.79. The predicted octanol–water partition coefficient (Wildman–Crippen LogP) is 2.12. The van der Waals surface area contributed by atoms with Gasteiger partial charge in [-0.15, -0.1) is 0 Å². The quantitative estimate of drug-likeness (QED) is 0.724. The second-order valence-corrected chi connectivity index (χ2v) is 9.40. The summed E-state index contributed by atoms with van der Waals surface area (Å²) in [5.74, 6) is -0.794. The zero-order chi connectivity index (χ0) is 22.6. The molecule has 3 aliphatic heterocycles. The van der Waals surface area contributed by atoms with Crippen molar-refractivity contribution in [1.29, 1.82) is 0 Å². The van der Waals surface area contributed by atoms with Crippen LogP contribution in [0.1, 0.15) is 43.7 Å². The molecule has 8 heteroatoms. The van der Waals surface area contributed by atoms with E-state index in [0.29, 0.717) is 25.3 Å². The molecule has 0 radical (unpaired) electrons. The van der Waals surface area contributed by atoms with Crippen molar-refractivity contribution in [2.24, 2.45) is 5.41 Å². The molecule has 176 valence electrons. The Hall–Kier alpha value is -2.03. The molecule has 1 aromatic rings. The second kappa shape index (κ2) is 10.3. The van der Waals surface area contributed by atoms with Crippen LogP contribution in [0.3, 0.4) is 0 Å². The zero-order valence-corrected chi connectivity index (χ0v) is 18.9. The molecule has 3 heterocycles. The number of morpholine rings is 1. The predicted molar refractivity (Wildman–Crippen MR) is 117 cm³/mol. The summed E-state index contributed by atoms with van der Waals surface area (Å²) in [4.78, 5) is 29.6. The van der Waals surface area contributed by atoms with Gasteiger partial charge in [-0.05, 0) is 56.5 Å². The lowest BCUT2D eigenvalue weighted by Gasteiger charge is -2.43. The number of halogens is 1. The summed E-state index contributed by atoms with van der Waals surface area (Å²) >= 11 is 0. The van der Waals surface area contributed by atoms with Crippen LogP contribution in [0.25, 0.3) is 0 Å². The smallest absolute Gasteiger partial charge is 0.251 e. The molecule has 1 aromatic carbocycles. The molecule has 0 spiro atoms. The maximum Gasteiger partial charge on any atom is 0.251 e. The van der Waals surface area contributed by atoms with Crippen LogP contribution in [0.15, 0.2) is 24.3 Å². The number of hydrogen-bond acceptors (Lipinski definition) is 5. The Labute approximate surface area is 189 Å². The molecule has 2 atom stereocenters. The van der Waals surface area contributed by atoms with Gasteiger partial charge in [0.1, 0.15) is 12.4 Å².